The highest BCUT2D eigenvalue weighted by Gasteiger charge is 2.32. The maximum Gasteiger partial charge on any atom is 0.141 e. The topological polar surface area (TPSA) is 53.4 Å². The lowest BCUT2D eigenvalue weighted by atomic mass is 9.90. The number of aliphatic hydroxyl groups is 2. The molecule has 2 rings (SSSR count). The molecule has 1 heterocycles. The number of aromatic nitrogens is 1. The van der Waals surface area contributed by atoms with Gasteiger partial charge in [0.1, 0.15) is 10.6 Å². The molecule has 0 saturated carbocycles. The van der Waals surface area contributed by atoms with Gasteiger partial charge in [0, 0.05) is 11.6 Å². The Hall–Kier alpha value is -1.23. The molecule has 1 aromatic heterocycles. The van der Waals surface area contributed by atoms with Crippen LogP contribution in [0.4, 0.5) is 0 Å². The maximum atomic E-state index is 10.7. The van der Waals surface area contributed by atoms with Crippen LogP contribution in [0.5, 0.6) is 0 Å². The van der Waals surface area contributed by atoms with Gasteiger partial charge in [-0.2, -0.15) is 0 Å². The van der Waals surface area contributed by atoms with Crippen molar-refractivity contribution in [1.82, 2.24) is 4.98 Å². The third-order valence-corrected chi connectivity index (χ3v) is 3.81. The fourth-order valence-corrected chi connectivity index (χ4v) is 2.66. The Labute approximate surface area is 104 Å². The molecule has 0 saturated heterocycles. The Morgan fingerprint density at radius 2 is 2.24 bits per heavy atom. The Morgan fingerprint density at radius 1 is 1.41 bits per heavy atom. The summed E-state index contributed by atoms with van der Waals surface area (Å²) in [5.41, 5.74) is 0.520. The van der Waals surface area contributed by atoms with Crippen LogP contribution in [0.25, 0.3) is 0 Å². The third kappa shape index (κ3) is 2.24. The molecule has 2 N–H and O–H groups in total. The largest absolute Gasteiger partial charge is 0.392 e. The molecule has 3 nitrogen and oxygen atoms in total. The molecule has 0 aliphatic heterocycles. The van der Waals surface area contributed by atoms with E-state index in [0.29, 0.717) is 11.4 Å². The van der Waals surface area contributed by atoms with Gasteiger partial charge < -0.3 is 10.2 Å². The zero-order chi connectivity index (χ0) is 12.3. The first-order chi connectivity index (χ1) is 8.20. The van der Waals surface area contributed by atoms with Crippen molar-refractivity contribution in [3.05, 3.63) is 52.0 Å². The molecule has 0 amide bonds. The molecule has 0 spiro atoms. The predicted molar refractivity (Wildman–Crippen MR) is 67.8 cm³/mol. The van der Waals surface area contributed by atoms with E-state index in [9.17, 15) is 5.11 Å². The summed E-state index contributed by atoms with van der Waals surface area (Å²) in [6, 6.07) is 7.37. The van der Waals surface area contributed by atoms with E-state index in [1.165, 1.54) is 11.3 Å². The van der Waals surface area contributed by atoms with E-state index in [4.69, 9.17) is 5.11 Å². The van der Waals surface area contributed by atoms with E-state index in [0.717, 1.165) is 11.1 Å². The van der Waals surface area contributed by atoms with E-state index in [1.807, 2.05) is 36.6 Å². The molecule has 0 aliphatic carbocycles. The lowest BCUT2D eigenvalue weighted by Gasteiger charge is -2.25. The van der Waals surface area contributed by atoms with Crippen LogP contribution >= 0.6 is 11.3 Å². The summed E-state index contributed by atoms with van der Waals surface area (Å²) in [5.74, 6) is 0. The van der Waals surface area contributed by atoms with Crippen molar-refractivity contribution < 1.29 is 10.2 Å². The molecule has 1 unspecified atom stereocenters. The summed E-state index contributed by atoms with van der Waals surface area (Å²) in [6.07, 6.45) is 2.24. The average molecular weight is 249 g/mol. The summed E-state index contributed by atoms with van der Waals surface area (Å²) < 4.78 is 0. The molecular weight excluding hydrogens is 234 g/mol. The quantitative estimate of drug-likeness (QED) is 0.874. The van der Waals surface area contributed by atoms with Crippen LogP contribution in [0.2, 0.25) is 0 Å². The van der Waals surface area contributed by atoms with E-state index < -0.39 is 5.60 Å². The average Bonchev–Trinajstić information content (AvgIpc) is 2.92. The lowest BCUT2D eigenvalue weighted by molar-refractivity contribution is 0.0760. The zero-order valence-corrected chi connectivity index (χ0v) is 10.4. The number of hydrogen-bond donors (Lipinski definition) is 2. The van der Waals surface area contributed by atoms with Gasteiger partial charge in [-0.05, 0) is 17.5 Å². The van der Waals surface area contributed by atoms with Crippen molar-refractivity contribution in [2.45, 2.75) is 25.6 Å². The van der Waals surface area contributed by atoms with Crippen LogP contribution < -0.4 is 0 Å². The monoisotopic (exact) mass is 249 g/mol. The number of aliphatic hydroxyl groups excluding tert-OH is 1. The van der Waals surface area contributed by atoms with Gasteiger partial charge in [0.05, 0.1) is 6.61 Å². The summed E-state index contributed by atoms with van der Waals surface area (Å²) >= 11 is 1.44. The molecule has 2 aromatic rings. The minimum absolute atomic E-state index is 0.0223. The van der Waals surface area contributed by atoms with Crippen molar-refractivity contribution in [1.29, 1.82) is 0 Å². The molecule has 90 valence electrons. The van der Waals surface area contributed by atoms with Crippen LogP contribution in [-0.4, -0.2) is 15.2 Å². The van der Waals surface area contributed by atoms with Gasteiger partial charge in [-0.1, -0.05) is 31.2 Å². The maximum absolute atomic E-state index is 10.7. The SMILES string of the molecule is CCC(O)(c1cccc(CO)c1)c1nccs1. The van der Waals surface area contributed by atoms with E-state index in [2.05, 4.69) is 4.98 Å². The van der Waals surface area contributed by atoms with Gasteiger partial charge in [-0.15, -0.1) is 11.3 Å². The molecule has 1 aromatic carbocycles. The minimum atomic E-state index is -1.06. The molecule has 0 fully saturated rings. The number of hydrogen-bond acceptors (Lipinski definition) is 4. The zero-order valence-electron chi connectivity index (χ0n) is 9.63. The number of thiazole rings is 1. The number of benzene rings is 1. The van der Waals surface area contributed by atoms with Gasteiger partial charge in [0.2, 0.25) is 0 Å². The van der Waals surface area contributed by atoms with Crippen molar-refractivity contribution in [2.75, 3.05) is 0 Å². The van der Waals surface area contributed by atoms with Gasteiger partial charge in [0.15, 0.2) is 0 Å². The highest BCUT2D eigenvalue weighted by atomic mass is 32.1. The van der Waals surface area contributed by atoms with Crippen LogP contribution in [0, 0.1) is 0 Å². The number of nitrogens with zero attached hydrogens (tertiary/aromatic N) is 1. The summed E-state index contributed by atoms with van der Waals surface area (Å²) in [6.45, 7) is 1.90. The van der Waals surface area contributed by atoms with Crippen molar-refractivity contribution in [3.8, 4) is 0 Å². The Bertz CT molecular complexity index is 484. The molecule has 1 atom stereocenters. The highest BCUT2D eigenvalue weighted by Crippen LogP contribution is 2.34. The molecule has 4 heteroatoms. The lowest BCUT2D eigenvalue weighted by Crippen LogP contribution is -2.26. The first kappa shape index (κ1) is 12.2. The highest BCUT2D eigenvalue weighted by molar-refractivity contribution is 7.09. The van der Waals surface area contributed by atoms with Crippen molar-refractivity contribution in [3.63, 3.8) is 0 Å². The molecule has 17 heavy (non-hydrogen) atoms. The van der Waals surface area contributed by atoms with Gasteiger partial charge in [0.25, 0.3) is 0 Å². The number of rotatable bonds is 4. The normalized spacial score (nSPS) is 14.5. The fraction of sp³-hybridized carbons (Fsp3) is 0.308. The molecule has 0 radical (unpaired) electrons. The molecule has 0 bridgehead atoms. The summed E-state index contributed by atoms with van der Waals surface area (Å²) in [5, 5.41) is 22.4. The molecule has 0 aliphatic rings. The minimum Gasteiger partial charge on any atom is -0.392 e. The fourth-order valence-electron chi connectivity index (χ4n) is 1.83. The van der Waals surface area contributed by atoms with Crippen LogP contribution in [0.1, 0.15) is 29.5 Å². The summed E-state index contributed by atoms with van der Waals surface area (Å²) in [4.78, 5) is 4.20. The Kier molecular flexibility index (Phi) is 3.57. The Balaban J connectivity index is 2.47. The van der Waals surface area contributed by atoms with E-state index in [1.54, 1.807) is 6.20 Å². The van der Waals surface area contributed by atoms with Gasteiger partial charge in [-0.3, -0.25) is 0 Å². The summed E-state index contributed by atoms with van der Waals surface area (Å²) in [7, 11) is 0. The van der Waals surface area contributed by atoms with Crippen LogP contribution in [0.15, 0.2) is 35.8 Å². The second-order valence-electron chi connectivity index (χ2n) is 3.91. The second kappa shape index (κ2) is 4.96. The van der Waals surface area contributed by atoms with Gasteiger partial charge in [-0.25, -0.2) is 4.98 Å². The Morgan fingerprint density at radius 3 is 2.82 bits per heavy atom. The predicted octanol–water partition coefficient (Wildman–Crippen LogP) is 2.28. The van der Waals surface area contributed by atoms with Crippen molar-refractivity contribution in [2.24, 2.45) is 0 Å². The molecular formula is C13H15NO2S. The standard InChI is InChI=1S/C13H15NO2S/c1-2-13(16,12-14-6-7-17-12)11-5-3-4-10(8-11)9-15/h3-8,15-16H,2,9H2,1H3. The first-order valence-corrected chi connectivity index (χ1v) is 6.41. The van der Waals surface area contributed by atoms with E-state index in [-0.39, 0.29) is 6.61 Å². The van der Waals surface area contributed by atoms with Crippen LogP contribution in [0.3, 0.4) is 0 Å². The third-order valence-electron chi connectivity index (χ3n) is 2.88. The van der Waals surface area contributed by atoms with Gasteiger partial charge >= 0.3 is 0 Å². The second-order valence-corrected chi connectivity index (χ2v) is 4.80. The smallest absolute Gasteiger partial charge is 0.141 e. The van der Waals surface area contributed by atoms with E-state index >= 15 is 0 Å². The first-order valence-electron chi connectivity index (χ1n) is 5.53. The van der Waals surface area contributed by atoms with Crippen LogP contribution in [-0.2, 0) is 12.2 Å². The van der Waals surface area contributed by atoms with Crippen molar-refractivity contribution >= 4 is 11.3 Å².